The van der Waals surface area contributed by atoms with Gasteiger partial charge in [-0.15, -0.1) is 0 Å². The van der Waals surface area contributed by atoms with Crippen molar-refractivity contribution in [1.29, 1.82) is 0 Å². The molecule has 0 spiro atoms. The molecule has 206 valence electrons. The molecule has 2 N–H and O–H groups in total. The third-order valence-electron chi connectivity index (χ3n) is 6.54. The summed E-state index contributed by atoms with van der Waals surface area (Å²) in [5.41, 5.74) is 0.963. The fraction of sp³-hybridized carbons (Fsp3) is 0.133. The van der Waals surface area contributed by atoms with Gasteiger partial charge < -0.3 is 19.8 Å². The van der Waals surface area contributed by atoms with E-state index < -0.39 is 23.1 Å². The molecule has 3 aromatic heterocycles. The normalized spacial score (nSPS) is 12.8. The van der Waals surface area contributed by atoms with Crippen LogP contribution in [-0.4, -0.2) is 25.8 Å². The van der Waals surface area contributed by atoms with Crippen molar-refractivity contribution in [3.63, 3.8) is 0 Å². The molecule has 6 rings (SSSR count). The van der Waals surface area contributed by atoms with Crippen LogP contribution in [0.1, 0.15) is 28.8 Å². The molecular weight excluding hydrogens is 532 g/mol. The molecule has 2 aromatic carbocycles. The predicted molar refractivity (Wildman–Crippen MR) is 148 cm³/mol. The Bertz CT molecular complexity index is 1880. The van der Waals surface area contributed by atoms with E-state index in [-0.39, 0.29) is 28.8 Å². The summed E-state index contributed by atoms with van der Waals surface area (Å²) in [5, 5.41) is 5.33. The molecule has 5 aromatic rings. The highest BCUT2D eigenvalue weighted by molar-refractivity contribution is 6.04. The van der Waals surface area contributed by atoms with Crippen LogP contribution < -0.4 is 20.9 Å². The number of carbonyl (C=O) groups is 2. The number of rotatable bonds is 7. The van der Waals surface area contributed by atoms with Crippen molar-refractivity contribution in [2.75, 3.05) is 10.6 Å². The van der Waals surface area contributed by atoms with E-state index in [9.17, 15) is 23.2 Å². The first kappa shape index (κ1) is 25.9. The van der Waals surface area contributed by atoms with Crippen LogP contribution in [-0.2, 0) is 4.79 Å². The van der Waals surface area contributed by atoms with Crippen molar-refractivity contribution >= 4 is 29.0 Å². The maximum Gasteiger partial charge on any atom is 0.267 e. The molecule has 0 atom stereocenters. The Morgan fingerprint density at radius 3 is 2.46 bits per heavy atom. The van der Waals surface area contributed by atoms with E-state index in [1.807, 2.05) is 0 Å². The summed E-state index contributed by atoms with van der Waals surface area (Å²) in [6.45, 7) is 1.72. The second-order valence-electron chi connectivity index (χ2n) is 9.80. The molecule has 1 fully saturated rings. The fourth-order valence-electron chi connectivity index (χ4n) is 4.33. The van der Waals surface area contributed by atoms with E-state index in [0.29, 0.717) is 28.5 Å². The minimum Gasteiger partial charge on any atom is -0.453 e. The van der Waals surface area contributed by atoms with Crippen molar-refractivity contribution in [1.82, 2.24) is 14.0 Å². The number of carbonyl (C=O) groups excluding carboxylic acids is 2. The average Bonchev–Trinajstić information content (AvgIpc) is 3.72. The Hall–Kier alpha value is -5.32. The minimum absolute atomic E-state index is 0.0476. The maximum absolute atomic E-state index is 15.0. The standard InChI is InChI=1S/C30H23F2N5O4/c1-17-12-23(30(40)37(14-17)21-7-4-19(31)5-8-21)29(39)33-20-6-10-25(24(32)13-20)41-22-9-11-27-34-26(16-36(27)15-22)35-28(38)18-2-3-18/h4-16,18H,2-3H2,1H3,(H,33,39)(H,35,38). The lowest BCUT2D eigenvalue weighted by Gasteiger charge is -2.12. The molecule has 0 radical (unpaired) electrons. The van der Waals surface area contributed by atoms with Gasteiger partial charge in [-0.1, -0.05) is 0 Å². The number of benzene rings is 2. The predicted octanol–water partition coefficient (Wildman–Crippen LogP) is 5.46. The lowest BCUT2D eigenvalue weighted by Crippen LogP contribution is -2.28. The molecule has 11 heteroatoms. The summed E-state index contributed by atoms with van der Waals surface area (Å²) in [7, 11) is 0. The van der Waals surface area contributed by atoms with E-state index in [1.165, 1.54) is 47.0 Å². The third-order valence-corrected chi connectivity index (χ3v) is 6.54. The van der Waals surface area contributed by atoms with Gasteiger partial charge in [0.05, 0.1) is 12.4 Å². The summed E-state index contributed by atoms with van der Waals surface area (Å²) in [6.07, 6.45) is 6.56. The Morgan fingerprint density at radius 2 is 1.73 bits per heavy atom. The first-order valence-corrected chi connectivity index (χ1v) is 12.8. The quantitative estimate of drug-likeness (QED) is 0.277. The number of aromatic nitrogens is 3. The van der Waals surface area contributed by atoms with Crippen molar-refractivity contribution in [2.45, 2.75) is 19.8 Å². The van der Waals surface area contributed by atoms with Crippen LogP contribution in [0.5, 0.6) is 11.5 Å². The van der Waals surface area contributed by atoms with Gasteiger partial charge in [0, 0.05) is 29.6 Å². The third kappa shape index (κ3) is 5.55. The molecule has 41 heavy (non-hydrogen) atoms. The fourth-order valence-corrected chi connectivity index (χ4v) is 4.33. The van der Waals surface area contributed by atoms with Crippen LogP contribution in [0.25, 0.3) is 11.3 Å². The molecule has 0 saturated heterocycles. The van der Waals surface area contributed by atoms with Crippen LogP contribution >= 0.6 is 0 Å². The van der Waals surface area contributed by atoms with E-state index in [4.69, 9.17) is 4.74 Å². The summed E-state index contributed by atoms with van der Waals surface area (Å²) < 4.78 is 36.9. The van der Waals surface area contributed by atoms with Crippen molar-refractivity contribution < 1.29 is 23.1 Å². The molecule has 0 aliphatic heterocycles. The van der Waals surface area contributed by atoms with E-state index in [1.54, 1.807) is 42.0 Å². The zero-order valence-electron chi connectivity index (χ0n) is 21.7. The van der Waals surface area contributed by atoms with Crippen LogP contribution in [0.15, 0.2) is 84.0 Å². The number of anilines is 2. The molecular formula is C30H23F2N5O4. The lowest BCUT2D eigenvalue weighted by molar-refractivity contribution is -0.117. The zero-order valence-corrected chi connectivity index (χ0v) is 21.7. The number of amides is 2. The van der Waals surface area contributed by atoms with Crippen molar-refractivity contribution in [2.24, 2.45) is 5.92 Å². The van der Waals surface area contributed by atoms with Gasteiger partial charge in [-0.05, 0) is 79.9 Å². The van der Waals surface area contributed by atoms with E-state index >= 15 is 0 Å². The second kappa shape index (κ2) is 10.3. The summed E-state index contributed by atoms with van der Waals surface area (Å²) in [4.78, 5) is 42.4. The van der Waals surface area contributed by atoms with Crippen LogP contribution in [0.4, 0.5) is 20.3 Å². The first-order chi connectivity index (χ1) is 19.7. The Labute approximate surface area is 232 Å². The van der Waals surface area contributed by atoms with Gasteiger partial charge in [-0.3, -0.25) is 19.0 Å². The molecule has 3 heterocycles. The molecule has 0 bridgehead atoms. The highest BCUT2D eigenvalue weighted by Crippen LogP contribution is 2.31. The SMILES string of the molecule is Cc1cc(C(=O)Nc2ccc(Oc3ccc4nc(NC(=O)C5CC5)cn4c3)c(F)c2)c(=O)n(-c2ccc(F)cc2)c1. The van der Waals surface area contributed by atoms with Crippen LogP contribution in [0.3, 0.4) is 0 Å². The molecule has 1 saturated carbocycles. The van der Waals surface area contributed by atoms with Gasteiger partial charge >= 0.3 is 0 Å². The smallest absolute Gasteiger partial charge is 0.267 e. The molecule has 0 unspecified atom stereocenters. The second-order valence-corrected chi connectivity index (χ2v) is 9.80. The number of hydrogen-bond acceptors (Lipinski definition) is 5. The number of aryl methyl sites for hydroxylation is 1. The van der Waals surface area contributed by atoms with Gasteiger partial charge in [0.1, 0.15) is 22.8 Å². The Kier molecular flexibility index (Phi) is 6.54. The average molecular weight is 556 g/mol. The largest absolute Gasteiger partial charge is 0.453 e. The number of nitrogens with zero attached hydrogens (tertiary/aromatic N) is 3. The lowest BCUT2D eigenvalue weighted by atomic mass is 10.1. The van der Waals surface area contributed by atoms with Gasteiger partial charge in [0.25, 0.3) is 11.5 Å². The van der Waals surface area contributed by atoms with Crippen molar-refractivity contribution in [3.8, 4) is 17.2 Å². The highest BCUT2D eigenvalue weighted by Gasteiger charge is 2.30. The highest BCUT2D eigenvalue weighted by atomic mass is 19.1. The molecule has 2 amide bonds. The minimum atomic E-state index is -0.737. The first-order valence-electron chi connectivity index (χ1n) is 12.8. The molecule has 1 aliphatic carbocycles. The van der Waals surface area contributed by atoms with Gasteiger partial charge in [0.2, 0.25) is 5.91 Å². The summed E-state index contributed by atoms with van der Waals surface area (Å²) in [6, 6.07) is 13.9. The van der Waals surface area contributed by atoms with E-state index in [2.05, 4.69) is 15.6 Å². The number of fused-ring (bicyclic) bond motifs is 1. The number of ether oxygens (including phenoxy) is 1. The number of hydrogen-bond donors (Lipinski definition) is 2. The molecule has 9 nitrogen and oxygen atoms in total. The van der Waals surface area contributed by atoms with Gasteiger partial charge in [0.15, 0.2) is 17.4 Å². The van der Waals surface area contributed by atoms with Crippen LogP contribution in [0, 0.1) is 24.5 Å². The Morgan fingerprint density at radius 1 is 0.951 bits per heavy atom. The number of pyridine rings is 2. The number of imidazole rings is 1. The number of halogens is 2. The van der Waals surface area contributed by atoms with Crippen molar-refractivity contribution in [3.05, 3.63) is 112 Å². The maximum atomic E-state index is 15.0. The van der Waals surface area contributed by atoms with E-state index in [0.717, 1.165) is 18.9 Å². The zero-order chi connectivity index (χ0) is 28.7. The molecule has 1 aliphatic rings. The summed E-state index contributed by atoms with van der Waals surface area (Å²) >= 11 is 0. The Balaban J connectivity index is 1.17. The topological polar surface area (TPSA) is 107 Å². The summed E-state index contributed by atoms with van der Waals surface area (Å²) in [5.74, 6) is -1.26. The van der Waals surface area contributed by atoms with Gasteiger partial charge in [-0.25, -0.2) is 13.8 Å². The number of nitrogens with one attached hydrogen (secondary N) is 2. The van der Waals surface area contributed by atoms with Gasteiger partial charge in [-0.2, -0.15) is 0 Å². The monoisotopic (exact) mass is 555 g/mol. The van der Waals surface area contributed by atoms with Crippen LogP contribution in [0.2, 0.25) is 0 Å².